The maximum atomic E-state index is 3.41. The van der Waals surface area contributed by atoms with Gasteiger partial charge in [0.2, 0.25) is 0 Å². The van der Waals surface area contributed by atoms with Crippen LogP contribution in [0.5, 0.6) is 0 Å². The van der Waals surface area contributed by atoms with Crippen LogP contribution in [0.2, 0.25) is 0 Å². The molecular formula is C23H15. The predicted octanol–water partition coefficient (Wildman–Crippen LogP) is 5.88. The minimum atomic E-state index is 0.990. The van der Waals surface area contributed by atoms with Crippen LogP contribution in [0.25, 0.3) is 33.0 Å². The van der Waals surface area contributed by atoms with Gasteiger partial charge in [0.15, 0.2) is 0 Å². The van der Waals surface area contributed by atoms with Crippen LogP contribution in [-0.4, -0.2) is 0 Å². The lowest BCUT2D eigenvalue weighted by molar-refractivity contribution is 1.26. The third-order valence-corrected chi connectivity index (χ3v) is 4.81. The lowest BCUT2D eigenvalue weighted by atomic mass is 9.91. The number of rotatable bonds is 1. The van der Waals surface area contributed by atoms with Crippen LogP contribution in [0.3, 0.4) is 0 Å². The van der Waals surface area contributed by atoms with Gasteiger partial charge in [-0.2, -0.15) is 0 Å². The molecule has 0 atom stereocenters. The number of benzene rings is 4. The quantitative estimate of drug-likeness (QED) is 0.362. The van der Waals surface area contributed by atoms with Gasteiger partial charge in [0.25, 0.3) is 0 Å². The molecular weight excluding hydrogens is 276 g/mol. The Hall–Kier alpha value is -2.86. The second-order valence-corrected chi connectivity index (χ2v) is 6.11. The van der Waals surface area contributed by atoms with Crippen molar-refractivity contribution in [2.75, 3.05) is 0 Å². The summed E-state index contributed by atoms with van der Waals surface area (Å²) in [5.41, 5.74) is 8.10. The van der Waals surface area contributed by atoms with Crippen molar-refractivity contribution in [2.24, 2.45) is 0 Å². The van der Waals surface area contributed by atoms with Gasteiger partial charge in [0.05, 0.1) is 0 Å². The van der Waals surface area contributed by atoms with Crippen molar-refractivity contribution >= 4 is 10.8 Å². The van der Waals surface area contributed by atoms with Gasteiger partial charge in [-0.1, -0.05) is 78.9 Å². The van der Waals surface area contributed by atoms with E-state index in [4.69, 9.17) is 0 Å². The van der Waals surface area contributed by atoms with E-state index in [1.807, 2.05) is 6.07 Å². The molecule has 0 aliphatic heterocycles. The second kappa shape index (κ2) is 4.82. The Morgan fingerprint density at radius 2 is 1.43 bits per heavy atom. The van der Waals surface area contributed by atoms with Crippen LogP contribution in [-0.2, 0) is 6.42 Å². The van der Waals surface area contributed by atoms with E-state index < -0.39 is 0 Å². The van der Waals surface area contributed by atoms with Crippen LogP contribution in [0, 0.1) is 6.07 Å². The van der Waals surface area contributed by atoms with Crippen molar-refractivity contribution in [3.63, 3.8) is 0 Å². The van der Waals surface area contributed by atoms with Crippen LogP contribution in [0.4, 0.5) is 0 Å². The van der Waals surface area contributed by atoms with E-state index >= 15 is 0 Å². The molecule has 107 valence electrons. The molecule has 0 saturated carbocycles. The molecule has 1 aliphatic carbocycles. The molecule has 4 aromatic rings. The standard InChI is InChI=1S/C23H15/c1-3-11-19-16(7-1)9-5-13-21(19)22-14-6-10-18-15-17-8-2-4-12-20(17)23(18)22/h1-7,9-14H,15H2. The molecule has 0 N–H and O–H groups in total. The molecule has 0 fully saturated rings. The topological polar surface area (TPSA) is 0 Å². The monoisotopic (exact) mass is 291 g/mol. The van der Waals surface area contributed by atoms with Crippen LogP contribution >= 0.6 is 0 Å². The molecule has 0 heterocycles. The summed E-state index contributed by atoms with van der Waals surface area (Å²) in [4.78, 5) is 0. The first-order valence-corrected chi connectivity index (χ1v) is 8.02. The fraction of sp³-hybridized carbons (Fsp3) is 0.0435. The van der Waals surface area contributed by atoms with Gasteiger partial charge in [-0.25, -0.2) is 0 Å². The summed E-state index contributed by atoms with van der Waals surface area (Å²) in [5.74, 6) is 0. The number of fused-ring (bicyclic) bond motifs is 4. The first kappa shape index (κ1) is 12.7. The van der Waals surface area contributed by atoms with E-state index in [9.17, 15) is 0 Å². The van der Waals surface area contributed by atoms with E-state index in [1.165, 1.54) is 44.2 Å². The maximum absolute atomic E-state index is 3.41. The molecule has 0 saturated heterocycles. The Kier molecular flexibility index (Phi) is 2.65. The highest BCUT2D eigenvalue weighted by molar-refractivity contribution is 6.02. The Labute approximate surface area is 136 Å². The maximum Gasteiger partial charge on any atom is -0.000706 e. The normalized spacial score (nSPS) is 12.2. The van der Waals surface area contributed by atoms with E-state index in [0.29, 0.717) is 0 Å². The predicted molar refractivity (Wildman–Crippen MR) is 96.5 cm³/mol. The highest BCUT2D eigenvalue weighted by Gasteiger charge is 2.22. The van der Waals surface area contributed by atoms with Gasteiger partial charge in [0, 0.05) is 0 Å². The summed E-state index contributed by atoms with van der Waals surface area (Å²) in [6.07, 6.45) is 0.990. The molecule has 1 aliphatic rings. The van der Waals surface area contributed by atoms with Gasteiger partial charge >= 0.3 is 0 Å². The molecule has 4 aromatic carbocycles. The summed E-state index contributed by atoms with van der Waals surface area (Å²) in [7, 11) is 0. The zero-order valence-corrected chi connectivity index (χ0v) is 12.7. The minimum absolute atomic E-state index is 0.990. The van der Waals surface area contributed by atoms with Gasteiger partial charge in [-0.05, 0) is 56.6 Å². The lowest BCUT2D eigenvalue weighted by Crippen LogP contribution is -1.87. The smallest absolute Gasteiger partial charge is 0.000706 e. The molecule has 0 aromatic heterocycles. The van der Waals surface area contributed by atoms with Crippen molar-refractivity contribution in [1.82, 2.24) is 0 Å². The summed E-state index contributed by atoms with van der Waals surface area (Å²) in [6, 6.07) is 31.6. The fourth-order valence-electron chi connectivity index (χ4n) is 3.79. The molecule has 0 nitrogen and oxygen atoms in total. The summed E-state index contributed by atoms with van der Waals surface area (Å²) in [6.45, 7) is 0. The molecule has 0 bridgehead atoms. The van der Waals surface area contributed by atoms with E-state index in [1.54, 1.807) is 0 Å². The number of hydrogen-bond acceptors (Lipinski definition) is 0. The van der Waals surface area contributed by atoms with Crippen LogP contribution in [0.1, 0.15) is 11.1 Å². The van der Waals surface area contributed by atoms with Crippen molar-refractivity contribution < 1.29 is 0 Å². The molecule has 0 spiro atoms. The van der Waals surface area contributed by atoms with Crippen molar-refractivity contribution in [1.29, 1.82) is 0 Å². The summed E-state index contributed by atoms with van der Waals surface area (Å²) in [5, 5.41) is 2.61. The van der Waals surface area contributed by atoms with E-state index in [0.717, 1.165) is 6.42 Å². The largest absolute Gasteiger partial charge is 0.0616 e. The minimum Gasteiger partial charge on any atom is -0.0616 e. The fourth-order valence-corrected chi connectivity index (χ4v) is 3.79. The van der Waals surface area contributed by atoms with Crippen molar-refractivity contribution in [3.8, 4) is 22.3 Å². The molecule has 1 radical (unpaired) electrons. The van der Waals surface area contributed by atoms with E-state index in [-0.39, 0.29) is 0 Å². The molecule has 0 unspecified atom stereocenters. The zero-order chi connectivity index (χ0) is 15.2. The van der Waals surface area contributed by atoms with Crippen LogP contribution < -0.4 is 0 Å². The Bertz CT molecular complexity index is 1040. The third kappa shape index (κ3) is 1.85. The molecule has 5 rings (SSSR count). The second-order valence-electron chi connectivity index (χ2n) is 6.11. The average Bonchev–Trinajstić information content (AvgIpc) is 3.00. The Morgan fingerprint density at radius 1 is 0.652 bits per heavy atom. The van der Waals surface area contributed by atoms with Crippen molar-refractivity contribution in [3.05, 3.63) is 96.1 Å². The SMILES string of the molecule is [c]1cccc2c1Cc1cccc(-c3cccc4ccccc34)c1-2. The first-order chi connectivity index (χ1) is 11.4. The third-order valence-electron chi connectivity index (χ3n) is 4.81. The molecule has 0 heteroatoms. The van der Waals surface area contributed by atoms with Crippen LogP contribution in [0.15, 0.2) is 78.9 Å². The highest BCUT2D eigenvalue weighted by Crippen LogP contribution is 2.44. The average molecular weight is 291 g/mol. The Balaban J connectivity index is 1.86. The van der Waals surface area contributed by atoms with Gasteiger partial charge in [0.1, 0.15) is 0 Å². The number of hydrogen-bond donors (Lipinski definition) is 0. The summed E-state index contributed by atoms with van der Waals surface area (Å²) < 4.78 is 0. The van der Waals surface area contributed by atoms with Gasteiger partial charge < -0.3 is 0 Å². The van der Waals surface area contributed by atoms with Gasteiger partial charge in [-0.3, -0.25) is 0 Å². The van der Waals surface area contributed by atoms with E-state index in [2.05, 4.69) is 78.9 Å². The highest BCUT2D eigenvalue weighted by atomic mass is 14.2. The zero-order valence-electron chi connectivity index (χ0n) is 12.7. The summed E-state index contributed by atoms with van der Waals surface area (Å²) >= 11 is 0. The Morgan fingerprint density at radius 3 is 2.43 bits per heavy atom. The lowest BCUT2D eigenvalue weighted by Gasteiger charge is -2.12. The first-order valence-electron chi connectivity index (χ1n) is 8.02. The molecule has 23 heavy (non-hydrogen) atoms. The van der Waals surface area contributed by atoms with Gasteiger partial charge in [-0.15, -0.1) is 0 Å². The van der Waals surface area contributed by atoms with Crippen molar-refractivity contribution in [2.45, 2.75) is 6.42 Å². The molecule has 0 amide bonds.